The number of benzene rings is 1. The van der Waals surface area contributed by atoms with Crippen molar-refractivity contribution in [3.63, 3.8) is 0 Å². The van der Waals surface area contributed by atoms with E-state index in [1.165, 1.54) is 43.6 Å². The Labute approximate surface area is 121 Å². The summed E-state index contributed by atoms with van der Waals surface area (Å²) in [5.74, 6) is -0.459. The van der Waals surface area contributed by atoms with Gasteiger partial charge in [-0.2, -0.15) is 0 Å². The predicted molar refractivity (Wildman–Crippen MR) is 77.2 cm³/mol. The average Bonchev–Trinajstić information content (AvgIpc) is 2.48. The van der Waals surface area contributed by atoms with Crippen molar-refractivity contribution >= 4 is 27.5 Å². The number of aromatic nitrogens is 1. The van der Waals surface area contributed by atoms with Crippen LogP contribution in [0.15, 0.2) is 47.5 Å². The smallest absolute Gasteiger partial charge is 0.339 e. The molecule has 0 aliphatic heterocycles. The van der Waals surface area contributed by atoms with Crippen molar-refractivity contribution in [2.45, 2.75) is 4.90 Å². The lowest BCUT2D eigenvalue weighted by atomic mass is 10.2. The topological polar surface area (TPSA) is 111 Å². The van der Waals surface area contributed by atoms with Gasteiger partial charge in [-0.15, -0.1) is 0 Å². The van der Waals surface area contributed by atoms with Crippen LogP contribution in [0.5, 0.6) is 0 Å². The largest absolute Gasteiger partial charge is 0.465 e. The van der Waals surface area contributed by atoms with Crippen molar-refractivity contribution in [3.8, 4) is 0 Å². The van der Waals surface area contributed by atoms with Crippen LogP contribution < -0.4 is 10.5 Å². The standard InChI is InChI=1S/C13H13N3O4S/c1-20-13(17)10-4-2-3-5-11(10)21(18,19)16-9-6-7-12(14)15-8-9/h2-8,16H,1H3,(H2,14,15). The van der Waals surface area contributed by atoms with Gasteiger partial charge in [0.15, 0.2) is 0 Å². The molecule has 0 amide bonds. The lowest BCUT2D eigenvalue weighted by Gasteiger charge is -2.11. The Balaban J connectivity index is 2.40. The van der Waals surface area contributed by atoms with Crippen LogP contribution in [0.2, 0.25) is 0 Å². The Kier molecular flexibility index (Phi) is 4.08. The summed E-state index contributed by atoms with van der Waals surface area (Å²) < 4.78 is 31.6. The maximum absolute atomic E-state index is 12.3. The number of nitrogen functional groups attached to an aromatic ring is 1. The lowest BCUT2D eigenvalue weighted by Crippen LogP contribution is -2.17. The van der Waals surface area contributed by atoms with Crippen molar-refractivity contribution in [1.29, 1.82) is 0 Å². The zero-order valence-corrected chi connectivity index (χ0v) is 11.9. The van der Waals surface area contributed by atoms with E-state index in [-0.39, 0.29) is 22.0 Å². The van der Waals surface area contributed by atoms with Crippen LogP contribution in [0.4, 0.5) is 11.5 Å². The van der Waals surface area contributed by atoms with Gasteiger partial charge >= 0.3 is 5.97 Å². The van der Waals surface area contributed by atoms with Gasteiger partial charge in [0.05, 0.1) is 24.6 Å². The number of anilines is 2. The molecule has 1 aromatic heterocycles. The molecule has 0 fully saturated rings. The molecule has 0 bridgehead atoms. The molecule has 0 aliphatic rings. The van der Waals surface area contributed by atoms with Crippen molar-refractivity contribution in [3.05, 3.63) is 48.2 Å². The fraction of sp³-hybridized carbons (Fsp3) is 0.0769. The summed E-state index contributed by atoms with van der Waals surface area (Å²) in [4.78, 5) is 15.3. The number of nitrogens with two attached hydrogens (primary N) is 1. The van der Waals surface area contributed by atoms with Crippen LogP contribution in [-0.4, -0.2) is 26.5 Å². The van der Waals surface area contributed by atoms with Crippen LogP contribution in [0.3, 0.4) is 0 Å². The summed E-state index contributed by atoms with van der Waals surface area (Å²) in [7, 11) is -2.76. The molecule has 0 saturated heterocycles. The summed E-state index contributed by atoms with van der Waals surface area (Å²) in [5, 5.41) is 0. The minimum Gasteiger partial charge on any atom is -0.465 e. The monoisotopic (exact) mass is 307 g/mol. The van der Waals surface area contributed by atoms with Gasteiger partial charge in [-0.3, -0.25) is 4.72 Å². The van der Waals surface area contributed by atoms with E-state index in [1.807, 2.05) is 0 Å². The molecule has 1 heterocycles. The fourth-order valence-electron chi connectivity index (χ4n) is 1.66. The molecule has 0 aliphatic carbocycles. The highest BCUT2D eigenvalue weighted by Gasteiger charge is 2.22. The molecule has 1 aromatic carbocycles. The lowest BCUT2D eigenvalue weighted by molar-refractivity contribution is 0.0596. The number of esters is 1. The Hall–Kier alpha value is -2.61. The van der Waals surface area contributed by atoms with Gasteiger partial charge < -0.3 is 10.5 Å². The molecular formula is C13H13N3O4S. The van der Waals surface area contributed by atoms with Crippen molar-refractivity contribution in [2.24, 2.45) is 0 Å². The van der Waals surface area contributed by atoms with E-state index in [2.05, 4.69) is 14.4 Å². The van der Waals surface area contributed by atoms with Gasteiger partial charge in [-0.05, 0) is 24.3 Å². The first kappa shape index (κ1) is 14.8. The number of nitrogens with zero attached hydrogens (tertiary/aromatic N) is 1. The summed E-state index contributed by atoms with van der Waals surface area (Å²) in [6.45, 7) is 0. The molecule has 0 spiro atoms. The van der Waals surface area contributed by atoms with Gasteiger partial charge in [0.25, 0.3) is 10.0 Å². The zero-order valence-electron chi connectivity index (χ0n) is 11.1. The molecule has 0 unspecified atom stereocenters. The van der Waals surface area contributed by atoms with Gasteiger partial charge in [0, 0.05) is 0 Å². The fourth-order valence-corrected chi connectivity index (χ4v) is 2.89. The summed E-state index contributed by atoms with van der Waals surface area (Å²) >= 11 is 0. The third-order valence-electron chi connectivity index (χ3n) is 2.62. The Morgan fingerprint density at radius 3 is 2.57 bits per heavy atom. The van der Waals surface area contributed by atoms with Crippen LogP contribution in [0.1, 0.15) is 10.4 Å². The Morgan fingerprint density at radius 1 is 1.24 bits per heavy atom. The number of pyridine rings is 1. The van der Waals surface area contributed by atoms with Crippen LogP contribution in [0.25, 0.3) is 0 Å². The maximum atomic E-state index is 12.3. The van der Waals surface area contributed by atoms with Gasteiger partial charge in [0.1, 0.15) is 10.7 Å². The van der Waals surface area contributed by atoms with Gasteiger partial charge in [-0.1, -0.05) is 12.1 Å². The quantitative estimate of drug-likeness (QED) is 0.822. The van der Waals surface area contributed by atoms with E-state index in [4.69, 9.17) is 5.73 Å². The number of carbonyl (C=O) groups is 1. The van der Waals surface area contributed by atoms with Crippen molar-refractivity contribution < 1.29 is 17.9 Å². The molecule has 2 rings (SSSR count). The second kappa shape index (κ2) is 5.80. The first-order chi connectivity index (χ1) is 9.94. The molecule has 8 heteroatoms. The van der Waals surface area contributed by atoms with Crippen LogP contribution in [-0.2, 0) is 14.8 Å². The van der Waals surface area contributed by atoms with Gasteiger partial charge in [-0.25, -0.2) is 18.2 Å². The molecule has 0 atom stereocenters. The third kappa shape index (κ3) is 3.29. The van der Waals surface area contributed by atoms with Crippen LogP contribution in [0, 0.1) is 0 Å². The number of ether oxygens (including phenoxy) is 1. The number of hydrogen-bond donors (Lipinski definition) is 2. The van der Waals surface area contributed by atoms with Gasteiger partial charge in [0.2, 0.25) is 0 Å². The molecule has 0 radical (unpaired) electrons. The Bertz CT molecular complexity index is 757. The summed E-state index contributed by atoms with van der Waals surface area (Å²) in [6, 6.07) is 8.70. The molecule has 21 heavy (non-hydrogen) atoms. The van der Waals surface area contributed by atoms with E-state index in [0.29, 0.717) is 0 Å². The highest BCUT2D eigenvalue weighted by atomic mass is 32.2. The van der Waals surface area contributed by atoms with E-state index >= 15 is 0 Å². The van der Waals surface area contributed by atoms with E-state index < -0.39 is 16.0 Å². The predicted octanol–water partition coefficient (Wildman–Crippen LogP) is 1.25. The number of rotatable bonds is 4. The average molecular weight is 307 g/mol. The van der Waals surface area contributed by atoms with E-state index in [0.717, 1.165) is 0 Å². The molecule has 0 saturated carbocycles. The number of nitrogens with one attached hydrogen (secondary N) is 1. The maximum Gasteiger partial charge on any atom is 0.339 e. The minimum atomic E-state index is -3.94. The van der Waals surface area contributed by atoms with Crippen LogP contribution >= 0.6 is 0 Å². The SMILES string of the molecule is COC(=O)c1ccccc1S(=O)(=O)Nc1ccc(N)nc1. The molecule has 3 N–H and O–H groups in total. The van der Waals surface area contributed by atoms with Crippen molar-refractivity contribution in [2.75, 3.05) is 17.6 Å². The highest BCUT2D eigenvalue weighted by Crippen LogP contribution is 2.20. The number of methoxy groups -OCH3 is 1. The molecule has 110 valence electrons. The first-order valence-corrected chi connectivity index (χ1v) is 7.34. The second-order valence-electron chi connectivity index (χ2n) is 4.06. The van der Waals surface area contributed by atoms with Crippen molar-refractivity contribution in [1.82, 2.24) is 4.98 Å². The highest BCUT2D eigenvalue weighted by molar-refractivity contribution is 7.92. The number of carbonyl (C=O) groups excluding carboxylic acids is 1. The first-order valence-electron chi connectivity index (χ1n) is 5.86. The van der Waals surface area contributed by atoms with E-state index in [1.54, 1.807) is 6.07 Å². The van der Waals surface area contributed by atoms with E-state index in [9.17, 15) is 13.2 Å². The Morgan fingerprint density at radius 2 is 1.95 bits per heavy atom. The normalized spacial score (nSPS) is 10.9. The summed E-state index contributed by atoms with van der Waals surface area (Å²) in [5.41, 5.74) is 5.63. The molecule has 7 nitrogen and oxygen atoms in total. The summed E-state index contributed by atoms with van der Waals surface area (Å²) in [6.07, 6.45) is 1.29. The molecule has 2 aromatic rings. The zero-order chi connectivity index (χ0) is 15.5. The number of sulfonamides is 1. The third-order valence-corrected chi connectivity index (χ3v) is 4.06. The minimum absolute atomic E-state index is 0.0455. The molecular weight excluding hydrogens is 294 g/mol. The number of hydrogen-bond acceptors (Lipinski definition) is 6. The second-order valence-corrected chi connectivity index (χ2v) is 5.72.